The Morgan fingerprint density at radius 2 is 1.82 bits per heavy atom. The van der Waals surface area contributed by atoms with E-state index in [-0.39, 0.29) is 18.5 Å². The van der Waals surface area contributed by atoms with E-state index in [2.05, 4.69) is 10.6 Å². The predicted octanol–water partition coefficient (Wildman–Crippen LogP) is 1.97. The van der Waals surface area contributed by atoms with E-state index in [0.717, 1.165) is 17.7 Å². The largest absolute Gasteiger partial charge is 0.496 e. The highest BCUT2D eigenvalue weighted by molar-refractivity contribution is 5.98. The first-order valence-corrected chi connectivity index (χ1v) is 10.7. The van der Waals surface area contributed by atoms with Gasteiger partial charge in [0.25, 0.3) is 11.8 Å². The van der Waals surface area contributed by atoms with Gasteiger partial charge in [-0.15, -0.1) is 0 Å². The number of hydrogen-bond acceptors (Lipinski definition) is 6. The standard InChI is InChI=1S/C24H27N3O6/c1-16(19-6-3-4-7-20(19)32-2)26-21(28)15-33-23(30)14-25-24(31)17-9-11-18(12-10-17)27-13-5-8-22(27)29/h3-4,6-7,9-12,16H,5,8,13-15H2,1-2H3,(H,25,31)(H,26,28). The van der Waals surface area contributed by atoms with Crippen LogP contribution in [0.1, 0.15) is 41.7 Å². The number of nitrogens with zero attached hydrogens (tertiary/aromatic N) is 1. The second kappa shape index (κ2) is 11.1. The van der Waals surface area contributed by atoms with Gasteiger partial charge in [-0.2, -0.15) is 0 Å². The molecule has 2 aromatic rings. The molecule has 2 aromatic carbocycles. The first kappa shape index (κ1) is 23.8. The molecule has 1 fully saturated rings. The Hall–Kier alpha value is -3.88. The maximum Gasteiger partial charge on any atom is 0.325 e. The highest BCUT2D eigenvalue weighted by Gasteiger charge is 2.22. The highest BCUT2D eigenvalue weighted by Crippen LogP contribution is 2.24. The van der Waals surface area contributed by atoms with Gasteiger partial charge in [-0.1, -0.05) is 18.2 Å². The van der Waals surface area contributed by atoms with E-state index < -0.39 is 24.4 Å². The molecule has 0 bridgehead atoms. The van der Waals surface area contributed by atoms with Crippen molar-refractivity contribution in [1.82, 2.24) is 10.6 Å². The summed E-state index contributed by atoms with van der Waals surface area (Å²) in [6.45, 7) is 1.62. The molecule has 0 radical (unpaired) electrons. The molecule has 33 heavy (non-hydrogen) atoms. The molecule has 9 nitrogen and oxygen atoms in total. The Morgan fingerprint density at radius 3 is 2.48 bits per heavy atom. The molecule has 2 N–H and O–H groups in total. The van der Waals surface area contributed by atoms with Crippen LogP contribution in [0.3, 0.4) is 0 Å². The van der Waals surface area contributed by atoms with Crippen molar-refractivity contribution in [2.24, 2.45) is 0 Å². The Labute approximate surface area is 192 Å². The molecule has 9 heteroatoms. The molecular weight excluding hydrogens is 426 g/mol. The minimum absolute atomic E-state index is 0.0660. The summed E-state index contributed by atoms with van der Waals surface area (Å²) in [4.78, 5) is 49.8. The molecule has 0 spiro atoms. The van der Waals surface area contributed by atoms with Crippen molar-refractivity contribution in [3.05, 3.63) is 59.7 Å². The van der Waals surface area contributed by atoms with Gasteiger partial charge in [0.05, 0.1) is 13.2 Å². The number of anilines is 1. The first-order chi connectivity index (χ1) is 15.9. The van der Waals surface area contributed by atoms with Crippen molar-refractivity contribution in [2.45, 2.75) is 25.8 Å². The third kappa shape index (κ3) is 6.31. The zero-order chi connectivity index (χ0) is 23.8. The molecule has 3 amide bonds. The number of carbonyl (C=O) groups excluding carboxylic acids is 4. The van der Waals surface area contributed by atoms with E-state index in [4.69, 9.17) is 9.47 Å². The smallest absolute Gasteiger partial charge is 0.325 e. The predicted molar refractivity (Wildman–Crippen MR) is 121 cm³/mol. The quantitative estimate of drug-likeness (QED) is 0.561. The SMILES string of the molecule is COc1ccccc1C(C)NC(=O)COC(=O)CNC(=O)c1ccc(N2CCCC2=O)cc1. The van der Waals surface area contributed by atoms with Gasteiger partial charge >= 0.3 is 5.97 Å². The van der Waals surface area contributed by atoms with Crippen LogP contribution < -0.4 is 20.3 Å². The van der Waals surface area contributed by atoms with Crippen molar-refractivity contribution in [3.8, 4) is 5.75 Å². The molecule has 1 saturated heterocycles. The molecule has 0 aromatic heterocycles. The minimum atomic E-state index is -0.734. The fourth-order valence-corrected chi connectivity index (χ4v) is 3.55. The number of esters is 1. The van der Waals surface area contributed by atoms with Crippen molar-refractivity contribution < 1.29 is 28.7 Å². The van der Waals surface area contributed by atoms with Gasteiger partial charge in [0, 0.05) is 29.8 Å². The molecule has 1 atom stereocenters. The Kier molecular flexibility index (Phi) is 8.01. The molecule has 0 saturated carbocycles. The molecule has 1 aliphatic rings. The monoisotopic (exact) mass is 453 g/mol. The fourth-order valence-electron chi connectivity index (χ4n) is 3.55. The van der Waals surface area contributed by atoms with Crippen LogP contribution in [0, 0.1) is 0 Å². The van der Waals surface area contributed by atoms with Crippen molar-refractivity contribution in [3.63, 3.8) is 0 Å². The third-order valence-electron chi connectivity index (χ3n) is 5.26. The van der Waals surface area contributed by atoms with Gasteiger partial charge in [-0.05, 0) is 43.7 Å². The summed E-state index contributed by atoms with van der Waals surface area (Å²) in [5.41, 5.74) is 1.88. The van der Waals surface area contributed by atoms with Gasteiger partial charge in [-0.25, -0.2) is 0 Å². The lowest BCUT2D eigenvalue weighted by atomic mass is 10.1. The van der Waals surface area contributed by atoms with E-state index in [1.165, 1.54) is 0 Å². The Balaban J connectivity index is 1.41. The van der Waals surface area contributed by atoms with E-state index in [9.17, 15) is 19.2 Å². The van der Waals surface area contributed by atoms with Crippen LogP contribution in [0.15, 0.2) is 48.5 Å². The third-order valence-corrected chi connectivity index (χ3v) is 5.26. The second-order valence-electron chi connectivity index (χ2n) is 7.57. The van der Waals surface area contributed by atoms with Crippen molar-refractivity contribution in [2.75, 3.05) is 31.7 Å². The summed E-state index contributed by atoms with van der Waals surface area (Å²) in [5.74, 6) is -0.954. The van der Waals surface area contributed by atoms with Gasteiger partial charge in [0.15, 0.2) is 6.61 Å². The maximum atomic E-state index is 12.3. The second-order valence-corrected chi connectivity index (χ2v) is 7.57. The summed E-state index contributed by atoms with van der Waals surface area (Å²) >= 11 is 0. The first-order valence-electron chi connectivity index (χ1n) is 10.7. The number of methoxy groups -OCH3 is 1. The number of amides is 3. The van der Waals surface area contributed by atoms with E-state index in [1.807, 2.05) is 18.2 Å². The molecular formula is C24H27N3O6. The number of nitrogens with one attached hydrogen (secondary N) is 2. The van der Waals surface area contributed by atoms with Crippen LogP contribution in [-0.4, -0.2) is 50.5 Å². The molecule has 1 aliphatic heterocycles. The van der Waals surface area contributed by atoms with Crippen LogP contribution >= 0.6 is 0 Å². The highest BCUT2D eigenvalue weighted by atomic mass is 16.5. The molecule has 1 heterocycles. The maximum absolute atomic E-state index is 12.3. The topological polar surface area (TPSA) is 114 Å². The lowest BCUT2D eigenvalue weighted by Crippen LogP contribution is -2.34. The van der Waals surface area contributed by atoms with Crippen LogP contribution in [0.25, 0.3) is 0 Å². The van der Waals surface area contributed by atoms with Gasteiger partial charge in [0.2, 0.25) is 5.91 Å². The number of hydrogen-bond donors (Lipinski definition) is 2. The minimum Gasteiger partial charge on any atom is -0.496 e. The summed E-state index contributed by atoms with van der Waals surface area (Å²) in [6, 6.07) is 13.5. The zero-order valence-corrected chi connectivity index (χ0v) is 18.6. The van der Waals surface area contributed by atoms with Crippen molar-refractivity contribution in [1.29, 1.82) is 0 Å². The van der Waals surface area contributed by atoms with E-state index >= 15 is 0 Å². The fraction of sp³-hybridized carbons (Fsp3) is 0.333. The zero-order valence-electron chi connectivity index (χ0n) is 18.6. The summed E-state index contributed by atoms with van der Waals surface area (Å²) in [6.07, 6.45) is 1.35. The van der Waals surface area contributed by atoms with Crippen LogP contribution in [0.2, 0.25) is 0 Å². The average molecular weight is 453 g/mol. The number of carbonyl (C=O) groups is 4. The van der Waals surface area contributed by atoms with E-state index in [1.54, 1.807) is 49.3 Å². The van der Waals surface area contributed by atoms with Gasteiger partial charge < -0.3 is 25.0 Å². The summed E-state index contributed by atoms with van der Waals surface area (Å²) < 4.78 is 10.2. The number of ether oxygens (including phenoxy) is 2. The van der Waals surface area contributed by atoms with Gasteiger partial charge in [-0.3, -0.25) is 19.2 Å². The summed E-state index contributed by atoms with van der Waals surface area (Å²) in [7, 11) is 1.55. The van der Waals surface area contributed by atoms with Crippen molar-refractivity contribution >= 4 is 29.4 Å². The van der Waals surface area contributed by atoms with Crippen LogP contribution in [-0.2, 0) is 19.1 Å². The molecule has 0 aliphatic carbocycles. The number of rotatable bonds is 9. The molecule has 174 valence electrons. The normalized spacial score (nSPS) is 13.9. The van der Waals surface area contributed by atoms with Gasteiger partial charge in [0.1, 0.15) is 12.3 Å². The Bertz CT molecular complexity index is 1020. The Morgan fingerprint density at radius 1 is 1.09 bits per heavy atom. The summed E-state index contributed by atoms with van der Waals surface area (Å²) in [5, 5.41) is 5.20. The number of para-hydroxylation sites is 1. The van der Waals surface area contributed by atoms with E-state index in [0.29, 0.717) is 24.3 Å². The molecule has 3 rings (SSSR count). The lowest BCUT2D eigenvalue weighted by Gasteiger charge is -2.17. The average Bonchev–Trinajstić information content (AvgIpc) is 3.26. The molecule has 1 unspecified atom stereocenters. The number of benzene rings is 2. The lowest BCUT2D eigenvalue weighted by molar-refractivity contribution is -0.147. The van der Waals surface area contributed by atoms with Crippen LogP contribution in [0.4, 0.5) is 5.69 Å². The van der Waals surface area contributed by atoms with Crippen LogP contribution in [0.5, 0.6) is 5.75 Å².